The van der Waals surface area contributed by atoms with Crippen molar-refractivity contribution in [3.05, 3.63) is 32.9 Å². The highest BCUT2D eigenvalue weighted by Crippen LogP contribution is 2.38. The lowest BCUT2D eigenvalue weighted by Gasteiger charge is -2.32. The van der Waals surface area contributed by atoms with Crippen LogP contribution in [0.1, 0.15) is 44.6 Å². The van der Waals surface area contributed by atoms with E-state index in [1.165, 1.54) is 0 Å². The first-order valence-electron chi connectivity index (χ1n) is 8.34. The van der Waals surface area contributed by atoms with Crippen molar-refractivity contribution in [1.29, 1.82) is 0 Å². The normalized spacial score (nSPS) is 20.3. The van der Waals surface area contributed by atoms with Gasteiger partial charge in [0.1, 0.15) is 4.83 Å². The van der Waals surface area contributed by atoms with Crippen LogP contribution in [0.4, 0.5) is 0 Å². The number of aromatic nitrogens is 2. The van der Waals surface area contributed by atoms with Crippen LogP contribution < -0.4 is 5.56 Å². The van der Waals surface area contributed by atoms with Crippen molar-refractivity contribution >= 4 is 33.3 Å². The summed E-state index contributed by atoms with van der Waals surface area (Å²) in [5, 5.41) is 1.58. The molecule has 130 valence electrons. The maximum absolute atomic E-state index is 13.2. The number of allylic oxidation sites excluding steroid dienone is 1. The molecular formula is C18H24N2O2S2. The monoisotopic (exact) mass is 364 g/mol. The summed E-state index contributed by atoms with van der Waals surface area (Å²) in [7, 11) is 0. The minimum Gasteiger partial charge on any atom is -0.369 e. The Morgan fingerprint density at radius 2 is 2.25 bits per heavy atom. The highest BCUT2D eigenvalue weighted by atomic mass is 32.2. The number of fused-ring (bicyclic) bond motifs is 3. The molecule has 0 radical (unpaired) electrons. The molecular weight excluding hydrogens is 340 g/mol. The number of thioether (sulfide) groups is 1. The lowest BCUT2D eigenvalue weighted by molar-refractivity contribution is -0.0543. The SMILES string of the molecule is C=C(C)Cn1c(SCC)nc2sc3c(c2c1=O)C[C@](C)(CC)OC3. The summed E-state index contributed by atoms with van der Waals surface area (Å²) in [6.07, 6.45) is 1.71. The van der Waals surface area contributed by atoms with Crippen molar-refractivity contribution in [2.24, 2.45) is 0 Å². The third-order valence-corrected chi connectivity index (χ3v) is 6.47. The van der Waals surface area contributed by atoms with E-state index >= 15 is 0 Å². The zero-order valence-corrected chi connectivity index (χ0v) is 16.4. The molecule has 1 aliphatic heterocycles. The van der Waals surface area contributed by atoms with Gasteiger partial charge in [-0.2, -0.15) is 0 Å². The highest BCUT2D eigenvalue weighted by Gasteiger charge is 2.33. The molecule has 0 N–H and O–H groups in total. The van der Waals surface area contributed by atoms with Gasteiger partial charge in [-0.15, -0.1) is 11.3 Å². The van der Waals surface area contributed by atoms with Crippen LogP contribution in [-0.4, -0.2) is 20.9 Å². The van der Waals surface area contributed by atoms with Gasteiger partial charge in [0.25, 0.3) is 5.56 Å². The Kier molecular flexibility index (Phi) is 4.91. The predicted octanol–water partition coefficient (Wildman–Crippen LogP) is 4.39. The molecule has 0 saturated heterocycles. The van der Waals surface area contributed by atoms with Crippen LogP contribution in [0.15, 0.2) is 22.1 Å². The molecule has 4 nitrogen and oxygen atoms in total. The van der Waals surface area contributed by atoms with Crippen molar-refractivity contribution in [3.63, 3.8) is 0 Å². The van der Waals surface area contributed by atoms with Crippen LogP contribution in [0.25, 0.3) is 10.2 Å². The van der Waals surface area contributed by atoms with Gasteiger partial charge in [-0.1, -0.05) is 37.8 Å². The van der Waals surface area contributed by atoms with Crippen LogP contribution >= 0.6 is 23.1 Å². The molecule has 1 atom stereocenters. The fourth-order valence-corrected chi connectivity index (χ4v) is 4.88. The molecule has 0 spiro atoms. The van der Waals surface area contributed by atoms with Crippen molar-refractivity contribution < 1.29 is 4.74 Å². The summed E-state index contributed by atoms with van der Waals surface area (Å²) < 4.78 is 7.82. The van der Waals surface area contributed by atoms with Crippen LogP contribution in [0.5, 0.6) is 0 Å². The Bertz CT molecular complexity index is 853. The first-order valence-corrected chi connectivity index (χ1v) is 10.1. The minimum atomic E-state index is -0.191. The molecule has 0 unspecified atom stereocenters. The Hall–Kier alpha value is -1.11. The van der Waals surface area contributed by atoms with Crippen molar-refractivity contribution in [2.75, 3.05) is 5.75 Å². The number of thiophene rings is 1. The number of ether oxygens (including phenoxy) is 1. The summed E-state index contributed by atoms with van der Waals surface area (Å²) in [6.45, 7) is 13.4. The van der Waals surface area contributed by atoms with Crippen molar-refractivity contribution in [2.45, 2.75) is 64.4 Å². The van der Waals surface area contributed by atoms with E-state index in [1.54, 1.807) is 27.7 Å². The Labute approximate surface area is 150 Å². The van der Waals surface area contributed by atoms with E-state index in [0.717, 1.165) is 50.0 Å². The van der Waals surface area contributed by atoms with E-state index in [9.17, 15) is 4.79 Å². The predicted molar refractivity (Wildman–Crippen MR) is 102 cm³/mol. The molecule has 2 aromatic rings. The molecule has 0 aliphatic carbocycles. The van der Waals surface area contributed by atoms with Crippen molar-refractivity contribution in [3.8, 4) is 0 Å². The van der Waals surface area contributed by atoms with Crippen molar-refractivity contribution in [1.82, 2.24) is 9.55 Å². The lowest BCUT2D eigenvalue weighted by atomic mass is 9.90. The van der Waals surface area contributed by atoms with E-state index in [2.05, 4.69) is 27.4 Å². The van der Waals surface area contributed by atoms with Gasteiger partial charge in [0.05, 0.1) is 17.6 Å². The van der Waals surface area contributed by atoms with Gasteiger partial charge in [0.15, 0.2) is 5.16 Å². The van der Waals surface area contributed by atoms with Crippen LogP contribution in [0.3, 0.4) is 0 Å². The summed E-state index contributed by atoms with van der Waals surface area (Å²) in [5.41, 5.74) is 1.98. The zero-order valence-electron chi connectivity index (χ0n) is 14.8. The fourth-order valence-electron chi connectivity index (χ4n) is 3.01. The number of hydrogen-bond donors (Lipinski definition) is 0. The zero-order chi connectivity index (χ0) is 17.5. The molecule has 24 heavy (non-hydrogen) atoms. The second-order valence-corrected chi connectivity index (χ2v) is 8.94. The van der Waals surface area contributed by atoms with Gasteiger partial charge in [0.2, 0.25) is 0 Å². The quantitative estimate of drug-likeness (QED) is 0.448. The lowest BCUT2D eigenvalue weighted by Crippen LogP contribution is -2.34. The van der Waals surface area contributed by atoms with Gasteiger partial charge in [-0.25, -0.2) is 4.98 Å². The number of nitrogens with zero attached hydrogens (tertiary/aromatic N) is 2. The van der Waals surface area contributed by atoms with Gasteiger partial charge in [0, 0.05) is 17.8 Å². The van der Waals surface area contributed by atoms with E-state index in [4.69, 9.17) is 9.72 Å². The maximum Gasteiger partial charge on any atom is 0.263 e. The van der Waals surface area contributed by atoms with Gasteiger partial charge in [-0.3, -0.25) is 9.36 Å². The average molecular weight is 365 g/mol. The summed E-state index contributed by atoms with van der Waals surface area (Å²) in [5.74, 6) is 0.885. The van der Waals surface area contributed by atoms with Gasteiger partial charge in [-0.05, 0) is 31.6 Å². The molecule has 3 rings (SSSR count). The second-order valence-electron chi connectivity index (χ2n) is 6.63. The molecule has 3 heterocycles. The Morgan fingerprint density at radius 1 is 1.50 bits per heavy atom. The molecule has 0 bridgehead atoms. The standard InChI is InChI=1S/C18H24N2O2S2/c1-6-18(5)8-12-13(10-22-18)24-15-14(12)16(21)20(9-11(3)4)17(19-15)23-7-2/h3,6-10H2,1-2,4-5H3/t18-/m0/s1. The summed E-state index contributed by atoms with van der Waals surface area (Å²) in [6, 6.07) is 0. The molecule has 6 heteroatoms. The van der Waals surface area contributed by atoms with E-state index in [1.807, 2.05) is 6.92 Å². The average Bonchev–Trinajstić information content (AvgIpc) is 2.88. The largest absolute Gasteiger partial charge is 0.369 e. The first-order chi connectivity index (χ1) is 11.4. The molecule has 0 saturated carbocycles. The smallest absolute Gasteiger partial charge is 0.263 e. The molecule has 0 fully saturated rings. The Balaban J connectivity index is 2.23. The first kappa shape index (κ1) is 17.7. The minimum absolute atomic E-state index is 0.0665. The third kappa shape index (κ3) is 3.07. The fraction of sp³-hybridized carbons (Fsp3) is 0.556. The summed E-state index contributed by atoms with van der Waals surface area (Å²) in [4.78, 5) is 20.0. The maximum atomic E-state index is 13.2. The van der Waals surface area contributed by atoms with Gasteiger partial charge < -0.3 is 4.74 Å². The van der Waals surface area contributed by atoms with Crippen LogP contribution in [0, 0.1) is 0 Å². The molecule has 1 aliphatic rings. The van der Waals surface area contributed by atoms with Gasteiger partial charge >= 0.3 is 0 Å². The topological polar surface area (TPSA) is 44.1 Å². The third-order valence-electron chi connectivity index (χ3n) is 4.51. The number of hydrogen-bond acceptors (Lipinski definition) is 5. The second kappa shape index (κ2) is 6.65. The number of rotatable bonds is 5. The van der Waals surface area contributed by atoms with E-state index < -0.39 is 0 Å². The molecule has 2 aromatic heterocycles. The summed E-state index contributed by atoms with van der Waals surface area (Å²) >= 11 is 3.22. The Morgan fingerprint density at radius 3 is 2.88 bits per heavy atom. The van der Waals surface area contributed by atoms with E-state index in [-0.39, 0.29) is 11.2 Å². The van der Waals surface area contributed by atoms with Crippen LogP contribution in [-0.2, 0) is 24.3 Å². The van der Waals surface area contributed by atoms with E-state index in [0.29, 0.717) is 13.2 Å². The van der Waals surface area contributed by atoms with Crippen LogP contribution in [0.2, 0.25) is 0 Å². The highest BCUT2D eigenvalue weighted by molar-refractivity contribution is 7.99. The molecule has 0 amide bonds. The molecule has 0 aromatic carbocycles.